The lowest BCUT2D eigenvalue weighted by atomic mass is 10.1. The van der Waals surface area contributed by atoms with Gasteiger partial charge in [-0.25, -0.2) is 0 Å². The van der Waals surface area contributed by atoms with Gasteiger partial charge in [-0.15, -0.1) is 0 Å². The van der Waals surface area contributed by atoms with E-state index in [4.69, 9.17) is 0 Å². The molecule has 4 heteroatoms. The number of anilines is 1. The molecule has 0 unspecified atom stereocenters. The fourth-order valence-corrected chi connectivity index (χ4v) is 2.63. The molecule has 1 heterocycles. The number of nitrogens with one attached hydrogen (secondary N) is 2. The molecule has 0 aliphatic carbocycles. The molecule has 0 saturated carbocycles. The Labute approximate surface area is 113 Å². The fourth-order valence-electron chi connectivity index (χ4n) is 1.98. The highest BCUT2D eigenvalue weighted by Crippen LogP contribution is 2.27. The molecule has 3 rings (SSSR count). The van der Waals surface area contributed by atoms with Crippen LogP contribution in [-0.2, 0) is 0 Å². The highest BCUT2D eigenvalue weighted by Gasteiger charge is 2.08. The molecule has 17 heavy (non-hydrogen) atoms. The molecule has 2 aromatic carbocycles. The van der Waals surface area contributed by atoms with Crippen molar-refractivity contribution < 1.29 is 0 Å². The number of benzene rings is 2. The molecular formula is C13H12IN3. The second-order valence-electron chi connectivity index (χ2n) is 3.92. The first-order chi connectivity index (χ1) is 8.34. The van der Waals surface area contributed by atoms with Crippen LogP contribution in [0.2, 0.25) is 0 Å². The van der Waals surface area contributed by atoms with Crippen LogP contribution >= 0.6 is 22.6 Å². The van der Waals surface area contributed by atoms with Crippen molar-refractivity contribution in [2.24, 2.45) is 4.99 Å². The van der Waals surface area contributed by atoms with Crippen molar-refractivity contribution >= 4 is 45.0 Å². The summed E-state index contributed by atoms with van der Waals surface area (Å²) in [4.78, 5) is 4.35. The average Bonchev–Trinajstić information content (AvgIpc) is 2.86. The average molecular weight is 337 g/mol. The first kappa shape index (κ1) is 10.8. The monoisotopic (exact) mass is 337 g/mol. The van der Waals surface area contributed by atoms with Gasteiger partial charge in [-0.05, 0) is 40.1 Å². The van der Waals surface area contributed by atoms with Crippen molar-refractivity contribution in [3.63, 3.8) is 0 Å². The zero-order valence-electron chi connectivity index (χ0n) is 9.20. The normalized spacial score (nSPS) is 14.5. The fraction of sp³-hybridized carbons (Fsp3) is 0.154. The van der Waals surface area contributed by atoms with Gasteiger partial charge in [-0.2, -0.15) is 0 Å². The van der Waals surface area contributed by atoms with E-state index < -0.39 is 0 Å². The minimum absolute atomic E-state index is 0.852. The van der Waals surface area contributed by atoms with Gasteiger partial charge in [0.15, 0.2) is 5.96 Å². The van der Waals surface area contributed by atoms with Gasteiger partial charge in [0, 0.05) is 21.2 Å². The molecule has 0 aromatic heterocycles. The van der Waals surface area contributed by atoms with Gasteiger partial charge in [0.2, 0.25) is 0 Å². The van der Waals surface area contributed by atoms with Crippen molar-refractivity contribution in [1.29, 1.82) is 0 Å². The molecular weight excluding hydrogens is 325 g/mol. The summed E-state index contributed by atoms with van der Waals surface area (Å²) < 4.78 is 1.27. The van der Waals surface area contributed by atoms with Gasteiger partial charge < -0.3 is 10.6 Å². The third-order valence-corrected chi connectivity index (χ3v) is 3.74. The van der Waals surface area contributed by atoms with Crippen molar-refractivity contribution in [2.45, 2.75) is 0 Å². The zero-order chi connectivity index (χ0) is 11.7. The van der Waals surface area contributed by atoms with E-state index in [9.17, 15) is 0 Å². The van der Waals surface area contributed by atoms with Crippen LogP contribution in [0.4, 0.5) is 5.69 Å². The lowest BCUT2D eigenvalue weighted by molar-refractivity contribution is 0.959. The smallest absolute Gasteiger partial charge is 0.195 e. The Balaban J connectivity index is 2.07. The van der Waals surface area contributed by atoms with Crippen LogP contribution in [0.5, 0.6) is 0 Å². The topological polar surface area (TPSA) is 36.4 Å². The van der Waals surface area contributed by atoms with E-state index in [0.717, 1.165) is 24.7 Å². The molecule has 0 saturated heterocycles. The largest absolute Gasteiger partial charge is 0.354 e. The summed E-state index contributed by atoms with van der Waals surface area (Å²) in [5.74, 6) is 0.872. The second kappa shape index (κ2) is 4.52. The van der Waals surface area contributed by atoms with Gasteiger partial charge in [0.1, 0.15) is 0 Å². The first-order valence-electron chi connectivity index (χ1n) is 5.57. The third kappa shape index (κ3) is 2.09. The lowest BCUT2D eigenvalue weighted by Crippen LogP contribution is -2.26. The molecule has 0 atom stereocenters. The molecule has 0 fully saturated rings. The minimum Gasteiger partial charge on any atom is -0.354 e. The number of hydrogen-bond acceptors (Lipinski definition) is 3. The maximum atomic E-state index is 4.35. The second-order valence-corrected chi connectivity index (χ2v) is 5.08. The SMILES string of the molecule is Ic1ccc(NC2=NCCN2)c2ccccc12. The summed E-state index contributed by atoms with van der Waals surface area (Å²) in [5, 5.41) is 9.07. The lowest BCUT2D eigenvalue weighted by Gasteiger charge is -2.10. The highest BCUT2D eigenvalue weighted by molar-refractivity contribution is 14.1. The Bertz CT molecular complexity index is 592. The maximum absolute atomic E-state index is 4.35. The molecule has 2 N–H and O–H groups in total. The predicted molar refractivity (Wildman–Crippen MR) is 80.6 cm³/mol. The van der Waals surface area contributed by atoms with E-state index in [2.05, 4.69) is 74.6 Å². The Kier molecular flexibility index (Phi) is 2.88. The van der Waals surface area contributed by atoms with Crippen LogP contribution in [0, 0.1) is 3.57 Å². The Morgan fingerprint density at radius 1 is 1.12 bits per heavy atom. The summed E-state index contributed by atoms with van der Waals surface area (Å²) in [5.41, 5.74) is 1.11. The van der Waals surface area contributed by atoms with Crippen LogP contribution in [0.25, 0.3) is 10.8 Å². The Morgan fingerprint density at radius 3 is 2.71 bits per heavy atom. The number of halogens is 1. The molecule has 0 radical (unpaired) electrons. The molecule has 1 aliphatic rings. The van der Waals surface area contributed by atoms with E-state index >= 15 is 0 Å². The predicted octanol–water partition coefficient (Wildman–Crippen LogP) is 2.82. The van der Waals surface area contributed by atoms with Crippen LogP contribution in [0.3, 0.4) is 0 Å². The van der Waals surface area contributed by atoms with Gasteiger partial charge in [0.05, 0.1) is 6.54 Å². The number of nitrogens with zero attached hydrogens (tertiary/aromatic N) is 1. The Morgan fingerprint density at radius 2 is 1.94 bits per heavy atom. The number of fused-ring (bicyclic) bond motifs is 1. The van der Waals surface area contributed by atoms with Crippen LogP contribution in [-0.4, -0.2) is 19.0 Å². The molecule has 1 aliphatic heterocycles. The van der Waals surface area contributed by atoms with E-state index in [1.54, 1.807) is 0 Å². The van der Waals surface area contributed by atoms with Gasteiger partial charge in [-0.3, -0.25) is 4.99 Å². The van der Waals surface area contributed by atoms with Crippen molar-refractivity contribution in [3.8, 4) is 0 Å². The van der Waals surface area contributed by atoms with Crippen molar-refractivity contribution in [3.05, 3.63) is 40.0 Å². The summed E-state index contributed by atoms with van der Waals surface area (Å²) in [6, 6.07) is 12.6. The summed E-state index contributed by atoms with van der Waals surface area (Å²) in [7, 11) is 0. The quantitative estimate of drug-likeness (QED) is 0.785. The van der Waals surface area contributed by atoms with E-state index in [1.807, 2.05) is 0 Å². The molecule has 3 nitrogen and oxygen atoms in total. The zero-order valence-corrected chi connectivity index (χ0v) is 11.4. The maximum Gasteiger partial charge on any atom is 0.195 e. The number of hydrogen-bond donors (Lipinski definition) is 2. The van der Waals surface area contributed by atoms with Crippen LogP contribution in [0.1, 0.15) is 0 Å². The summed E-state index contributed by atoms with van der Waals surface area (Å²) in [6.45, 7) is 1.77. The Hall–Kier alpha value is -1.30. The van der Waals surface area contributed by atoms with Gasteiger partial charge in [0.25, 0.3) is 0 Å². The molecule has 2 aromatic rings. The van der Waals surface area contributed by atoms with E-state index in [1.165, 1.54) is 14.3 Å². The summed E-state index contributed by atoms with van der Waals surface area (Å²) in [6.07, 6.45) is 0. The number of rotatable bonds is 1. The standard InChI is InChI=1S/C13H12IN3/c14-11-5-6-12(17-13-15-7-8-16-13)10-4-2-1-3-9(10)11/h1-6H,7-8H2,(H2,15,16,17). The highest BCUT2D eigenvalue weighted by atomic mass is 127. The van der Waals surface area contributed by atoms with Gasteiger partial charge >= 0.3 is 0 Å². The number of aliphatic imine (C=N–C) groups is 1. The number of guanidine groups is 1. The van der Waals surface area contributed by atoms with Crippen molar-refractivity contribution in [2.75, 3.05) is 18.4 Å². The third-order valence-electron chi connectivity index (χ3n) is 2.80. The van der Waals surface area contributed by atoms with Crippen LogP contribution < -0.4 is 10.6 Å². The molecule has 0 amide bonds. The molecule has 0 spiro atoms. The van der Waals surface area contributed by atoms with Crippen molar-refractivity contribution in [1.82, 2.24) is 5.32 Å². The molecule has 86 valence electrons. The van der Waals surface area contributed by atoms with E-state index in [-0.39, 0.29) is 0 Å². The minimum atomic E-state index is 0.852. The summed E-state index contributed by atoms with van der Waals surface area (Å²) >= 11 is 2.37. The molecule has 0 bridgehead atoms. The van der Waals surface area contributed by atoms with E-state index in [0.29, 0.717) is 0 Å². The van der Waals surface area contributed by atoms with Crippen LogP contribution in [0.15, 0.2) is 41.4 Å². The first-order valence-corrected chi connectivity index (χ1v) is 6.65. The van der Waals surface area contributed by atoms with Gasteiger partial charge in [-0.1, -0.05) is 24.3 Å².